The van der Waals surface area contributed by atoms with Crippen molar-refractivity contribution in [2.45, 2.75) is 38.8 Å². The minimum atomic E-state index is -1.54. The predicted molar refractivity (Wildman–Crippen MR) is 43.0 cm³/mol. The van der Waals surface area contributed by atoms with Crippen LogP contribution in [0.2, 0.25) is 0 Å². The number of azo groups is 1. The number of rotatable bonds is 4. The summed E-state index contributed by atoms with van der Waals surface area (Å²) in [6.07, 6.45) is 0. The van der Waals surface area contributed by atoms with E-state index in [2.05, 4.69) is 10.2 Å². The monoisotopic (exact) mass is 246 g/mol. The molecule has 0 radical (unpaired) electrons. The van der Waals surface area contributed by atoms with E-state index in [1.54, 1.807) is 0 Å². The van der Waals surface area contributed by atoms with Crippen molar-refractivity contribution < 1.29 is 78.9 Å². The average molecular weight is 246 g/mol. The van der Waals surface area contributed by atoms with Crippen molar-refractivity contribution in [3.05, 3.63) is 0 Å². The number of carboxylic acid groups (broad SMARTS) is 2. The third-order valence-corrected chi connectivity index (χ3v) is 1.55. The zero-order valence-corrected chi connectivity index (χ0v) is 14.5. The molecular formula is C8H12N2Na2O4. The van der Waals surface area contributed by atoms with Crippen LogP contribution in [0.4, 0.5) is 0 Å². The van der Waals surface area contributed by atoms with Crippen LogP contribution >= 0.6 is 0 Å². The number of nitrogens with zero attached hydrogens (tertiary/aromatic N) is 2. The van der Waals surface area contributed by atoms with E-state index >= 15 is 0 Å². The van der Waals surface area contributed by atoms with Crippen LogP contribution in [-0.2, 0) is 9.59 Å². The quantitative estimate of drug-likeness (QED) is 0.363. The minimum absolute atomic E-state index is 0. The molecule has 0 bridgehead atoms. The molecule has 0 aromatic carbocycles. The molecule has 0 aliphatic carbocycles. The SMILES string of the molecule is CC(C)(N=NC(C)(C)C(=O)[O-])C(=O)[O-].[Na+].[Na+]. The summed E-state index contributed by atoms with van der Waals surface area (Å²) in [5.74, 6) is -2.84. The van der Waals surface area contributed by atoms with Crippen LogP contribution in [0.15, 0.2) is 10.2 Å². The molecule has 0 N–H and O–H groups in total. The molecule has 0 heterocycles. The predicted octanol–water partition coefficient (Wildman–Crippen LogP) is -7.50. The molecule has 0 aromatic heterocycles. The first-order valence-electron chi connectivity index (χ1n) is 3.96. The van der Waals surface area contributed by atoms with E-state index in [0.717, 1.165) is 0 Å². The van der Waals surface area contributed by atoms with Gasteiger partial charge < -0.3 is 19.8 Å². The van der Waals surface area contributed by atoms with Gasteiger partial charge in [-0.15, -0.1) is 0 Å². The molecule has 0 aliphatic rings. The van der Waals surface area contributed by atoms with E-state index in [1.807, 2.05) is 0 Å². The first kappa shape index (κ1) is 21.8. The number of aliphatic carboxylic acids is 2. The third-order valence-electron chi connectivity index (χ3n) is 1.55. The normalized spacial score (nSPS) is 11.5. The second kappa shape index (κ2) is 7.79. The molecule has 0 aliphatic heterocycles. The molecule has 16 heavy (non-hydrogen) atoms. The largest absolute Gasteiger partial charge is 1.00 e. The summed E-state index contributed by atoms with van der Waals surface area (Å²) in [7, 11) is 0. The Morgan fingerprint density at radius 1 is 0.812 bits per heavy atom. The molecular weight excluding hydrogens is 234 g/mol. The van der Waals surface area contributed by atoms with Gasteiger partial charge in [-0.05, 0) is 27.7 Å². The molecule has 80 valence electrons. The molecule has 6 nitrogen and oxygen atoms in total. The molecule has 8 heteroatoms. The fourth-order valence-corrected chi connectivity index (χ4v) is 0.332. The average Bonchev–Trinajstić information content (AvgIpc) is 2.01. The summed E-state index contributed by atoms with van der Waals surface area (Å²) >= 11 is 0. The Hall–Kier alpha value is 0.540. The molecule has 0 aromatic rings. The maximum atomic E-state index is 10.5. The Morgan fingerprint density at radius 2 is 1.00 bits per heavy atom. The van der Waals surface area contributed by atoms with Crippen molar-refractivity contribution in [1.29, 1.82) is 0 Å². The summed E-state index contributed by atoms with van der Waals surface area (Å²) in [5.41, 5.74) is -3.07. The van der Waals surface area contributed by atoms with Crippen molar-refractivity contribution in [2.75, 3.05) is 0 Å². The second-order valence-electron chi connectivity index (χ2n) is 3.89. The van der Waals surface area contributed by atoms with Gasteiger partial charge in [-0.25, -0.2) is 0 Å². The van der Waals surface area contributed by atoms with Gasteiger partial charge in [-0.1, -0.05) is 0 Å². The molecule has 0 saturated heterocycles. The van der Waals surface area contributed by atoms with Crippen molar-refractivity contribution >= 4 is 11.9 Å². The van der Waals surface area contributed by atoms with E-state index in [1.165, 1.54) is 27.7 Å². The second-order valence-corrected chi connectivity index (χ2v) is 3.89. The van der Waals surface area contributed by atoms with Crippen LogP contribution in [0.25, 0.3) is 0 Å². The van der Waals surface area contributed by atoms with Gasteiger partial charge in [0.05, 0.1) is 11.9 Å². The first-order chi connectivity index (χ1) is 6.09. The molecule has 0 spiro atoms. The summed E-state index contributed by atoms with van der Waals surface area (Å²) in [4.78, 5) is 21.0. The summed E-state index contributed by atoms with van der Waals surface area (Å²) in [6, 6.07) is 0. The fraction of sp³-hybridized carbons (Fsp3) is 0.750. The van der Waals surface area contributed by atoms with Crippen molar-refractivity contribution in [3.63, 3.8) is 0 Å². The zero-order chi connectivity index (χ0) is 11.6. The van der Waals surface area contributed by atoms with Gasteiger partial charge in [-0.2, -0.15) is 10.2 Å². The maximum absolute atomic E-state index is 10.5. The fourth-order valence-electron chi connectivity index (χ4n) is 0.332. The number of carboxylic acids is 2. The topological polar surface area (TPSA) is 105 Å². The van der Waals surface area contributed by atoms with Crippen LogP contribution in [-0.4, -0.2) is 23.0 Å². The van der Waals surface area contributed by atoms with Gasteiger partial charge in [0.15, 0.2) is 0 Å². The van der Waals surface area contributed by atoms with Gasteiger partial charge in [-0.3, -0.25) is 0 Å². The summed E-state index contributed by atoms with van der Waals surface area (Å²) < 4.78 is 0. The van der Waals surface area contributed by atoms with Gasteiger partial charge >= 0.3 is 59.1 Å². The van der Waals surface area contributed by atoms with Crippen molar-refractivity contribution in [3.8, 4) is 0 Å². The maximum Gasteiger partial charge on any atom is 1.00 e. The number of hydrogen-bond donors (Lipinski definition) is 0. The van der Waals surface area contributed by atoms with Crippen molar-refractivity contribution in [2.24, 2.45) is 10.2 Å². The third kappa shape index (κ3) is 6.98. The molecule has 0 atom stereocenters. The Bertz CT molecular complexity index is 262. The van der Waals surface area contributed by atoms with Crippen LogP contribution in [0.5, 0.6) is 0 Å². The number of hydrogen-bond acceptors (Lipinski definition) is 6. The Morgan fingerprint density at radius 3 is 1.12 bits per heavy atom. The summed E-state index contributed by atoms with van der Waals surface area (Å²) in [6.45, 7) is 5.04. The van der Waals surface area contributed by atoms with Crippen LogP contribution in [0.3, 0.4) is 0 Å². The van der Waals surface area contributed by atoms with Gasteiger partial charge in [0.2, 0.25) is 0 Å². The van der Waals surface area contributed by atoms with Crippen molar-refractivity contribution in [1.82, 2.24) is 0 Å². The van der Waals surface area contributed by atoms with Crippen LogP contribution in [0, 0.1) is 0 Å². The van der Waals surface area contributed by atoms with Crippen LogP contribution < -0.4 is 69.3 Å². The molecule has 0 unspecified atom stereocenters. The molecule has 0 amide bonds. The molecule has 0 rings (SSSR count). The van der Waals surface area contributed by atoms with E-state index < -0.39 is 23.0 Å². The minimum Gasteiger partial charge on any atom is -0.547 e. The van der Waals surface area contributed by atoms with Gasteiger partial charge in [0.25, 0.3) is 0 Å². The van der Waals surface area contributed by atoms with E-state index in [9.17, 15) is 19.8 Å². The van der Waals surface area contributed by atoms with Crippen LogP contribution in [0.1, 0.15) is 27.7 Å². The Kier molecular flexibility index (Phi) is 10.6. The standard InChI is InChI=1S/C8H14N2O4.2Na/c1-7(2,5(11)12)9-10-8(3,4)6(13)14;;/h1-4H3,(H,11,12)(H,13,14);;/q;2*+1/p-2. The molecule has 0 fully saturated rings. The van der Waals surface area contributed by atoms with Gasteiger partial charge in [0.1, 0.15) is 11.1 Å². The smallest absolute Gasteiger partial charge is 0.547 e. The van der Waals surface area contributed by atoms with Gasteiger partial charge in [0, 0.05) is 0 Å². The van der Waals surface area contributed by atoms with E-state index in [4.69, 9.17) is 0 Å². The Balaban J connectivity index is -0.000000845. The Labute approximate surface area is 138 Å². The number of carbonyl (C=O) groups excluding carboxylic acids is 2. The van der Waals surface area contributed by atoms with E-state index in [0.29, 0.717) is 0 Å². The van der Waals surface area contributed by atoms with E-state index in [-0.39, 0.29) is 59.1 Å². The molecule has 0 saturated carbocycles. The first-order valence-corrected chi connectivity index (χ1v) is 3.96. The zero-order valence-electron chi connectivity index (χ0n) is 10.5. The summed E-state index contributed by atoms with van der Waals surface area (Å²) in [5, 5.41) is 27.7. The number of carbonyl (C=O) groups is 2.